The number of aryl methyl sites for hydroxylation is 1. The van der Waals surface area contributed by atoms with E-state index in [-0.39, 0.29) is 6.42 Å². The Kier molecular flexibility index (Phi) is 3.58. The zero-order valence-corrected chi connectivity index (χ0v) is 10.5. The number of carboxylic acid groups (broad SMARTS) is 1. The number of carboxylic acids is 1. The molecular formula is C12H10BrNO3. The van der Waals surface area contributed by atoms with E-state index in [0.29, 0.717) is 18.1 Å². The first kappa shape index (κ1) is 11.9. The largest absolute Gasteiger partial charge is 0.481 e. The third-order valence-electron chi connectivity index (χ3n) is 2.24. The number of hydrogen-bond acceptors (Lipinski definition) is 3. The van der Waals surface area contributed by atoms with Gasteiger partial charge in [0.2, 0.25) is 5.89 Å². The van der Waals surface area contributed by atoms with Crippen LogP contribution in [0.5, 0.6) is 0 Å². The molecule has 88 valence electrons. The molecule has 0 saturated heterocycles. The van der Waals surface area contributed by atoms with Crippen LogP contribution in [-0.4, -0.2) is 16.1 Å². The lowest BCUT2D eigenvalue weighted by molar-refractivity contribution is -0.137. The molecule has 1 N–H and O–H groups in total. The summed E-state index contributed by atoms with van der Waals surface area (Å²) < 4.78 is 6.39. The number of carbonyl (C=O) groups is 1. The van der Waals surface area contributed by atoms with Crippen molar-refractivity contribution >= 4 is 21.9 Å². The predicted molar refractivity (Wildman–Crippen MR) is 65.6 cm³/mol. The second-order valence-electron chi connectivity index (χ2n) is 3.51. The molecule has 0 radical (unpaired) electrons. The maximum absolute atomic E-state index is 10.4. The molecule has 0 amide bonds. The van der Waals surface area contributed by atoms with Crippen molar-refractivity contribution in [2.45, 2.75) is 12.8 Å². The molecule has 0 aliphatic carbocycles. The first-order valence-electron chi connectivity index (χ1n) is 5.08. The van der Waals surface area contributed by atoms with Crippen molar-refractivity contribution in [1.82, 2.24) is 4.98 Å². The van der Waals surface area contributed by atoms with Crippen molar-refractivity contribution in [3.8, 4) is 11.5 Å². The van der Waals surface area contributed by atoms with Crippen LogP contribution >= 0.6 is 15.9 Å². The summed E-state index contributed by atoms with van der Waals surface area (Å²) in [5, 5.41) is 8.57. The van der Waals surface area contributed by atoms with Gasteiger partial charge < -0.3 is 9.52 Å². The van der Waals surface area contributed by atoms with Crippen molar-refractivity contribution in [3.05, 3.63) is 40.7 Å². The van der Waals surface area contributed by atoms with E-state index in [1.165, 1.54) is 0 Å². The first-order chi connectivity index (χ1) is 8.16. The smallest absolute Gasteiger partial charge is 0.303 e. The highest BCUT2D eigenvalue weighted by Crippen LogP contribution is 2.27. The molecule has 0 aliphatic heterocycles. The van der Waals surface area contributed by atoms with Gasteiger partial charge in [0.05, 0.1) is 18.2 Å². The van der Waals surface area contributed by atoms with Gasteiger partial charge in [-0.05, 0) is 28.1 Å². The minimum atomic E-state index is -0.844. The van der Waals surface area contributed by atoms with Gasteiger partial charge in [-0.25, -0.2) is 4.98 Å². The minimum absolute atomic E-state index is 0.0462. The summed E-state index contributed by atoms with van der Waals surface area (Å²) in [5.74, 6) is 0.236. The molecule has 2 rings (SSSR count). The molecule has 0 atom stereocenters. The maximum Gasteiger partial charge on any atom is 0.303 e. The molecular weight excluding hydrogens is 286 g/mol. The van der Waals surface area contributed by atoms with Crippen LogP contribution in [0.4, 0.5) is 0 Å². The predicted octanol–water partition coefficient (Wildman–Crippen LogP) is 3.12. The van der Waals surface area contributed by atoms with Gasteiger partial charge in [-0.2, -0.15) is 0 Å². The fraction of sp³-hybridized carbons (Fsp3) is 0.167. The van der Waals surface area contributed by atoms with Gasteiger partial charge in [0.1, 0.15) is 5.76 Å². The van der Waals surface area contributed by atoms with E-state index in [0.717, 1.165) is 10.0 Å². The maximum atomic E-state index is 10.4. The van der Waals surface area contributed by atoms with E-state index in [1.54, 1.807) is 6.20 Å². The number of benzene rings is 1. The molecule has 2 aromatic rings. The van der Waals surface area contributed by atoms with E-state index in [9.17, 15) is 4.79 Å². The van der Waals surface area contributed by atoms with Gasteiger partial charge in [0.15, 0.2) is 0 Å². The van der Waals surface area contributed by atoms with Crippen molar-refractivity contribution in [1.29, 1.82) is 0 Å². The molecule has 0 fully saturated rings. The van der Waals surface area contributed by atoms with Crippen LogP contribution in [0.2, 0.25) is 0 Å². The van der Waals surface area contributed by atoms with E-state index in [1.807, 2.05) is 24.3 Å². The third-order valence-corrected chi connectivity index (χ3v) is 2.93. The van der Waals surface area contributed by atoms with Gasteiger partial charge in [0, 0.05) is 10.9 Å². The number of halogens is 1. The monoisotopic (exact) mass is 295 g/mol. The van der Waals surface area contributed by atoms with Crippen LogP contribution in [0.15, 0.2) is 39.4 Å². The summed E-state index contributed by atoms with van der Waals surface area (Å²) in [5.41, 5.74) is 0.856. The Labute approximate surface area is 106 Å². The van der Waals surface area contributed by atoms with E-state index < -0.39 is 5.97 Å². The van der Waals surface area contributed by atoms with Gasteiger partial charge in [-0.3, -0.25) is 4.79 Å². The Morgan fingerprint density at radius 1 is 1.41 bits per heavy atom. The average Bonchev–Trinajstić information content (AvgIpc) is 2.75. The summed E-state index contributed by atoms with van der Waals surface area (Å²) in [7, 11) is 0. The van der Waals surface area contributed by atoms with Gasteiger partial charge in [-0.15, -0.1) is 0 Å². The molecule has 4 nitrogen and oxygen atoms in total. The number of oxazole rings is 1. The first-order valence-corrected chi connectivity index (χ1v) is 5.87. The van der Waals surface area contributed by atoms with Crippen LogP contribution in [0.25, 0.3) is 11.5 Å². The lowest BCUT2D eigenvalue weighted by atomic mass is 10.2. The molecule has 0 bridgehead atoms. The Morgan fingerprint density at radius 3 is 2.88 bits per heavy atom. The number of rotatable bonds is 4. The van der Waals surface area contributed by atoms with Crippen molar-refractivity contribution in [2.75, 3.05) is 0 Å². The summed E-state index contributed by atoms with van der Waals surface area (Å²) in [6.45, 7) is 0. The number of aliphatic carboxylic acids is 1. The molecule has 1 heterocycles. The van der Waals surface area contributed by atoms with Crippen molar-refractivity contribution in [2.24, 2.45) is 0 Å². The molecule has 0 spiro atoms. The Hall–Kier alpha value is -1.62. The normalized spacial score (nSPS) is 10.4. The molecule has 5 heteroatoms. The summed E-state index contributed by atoms with van der Waals surface area (Å²) in [6.07, 6.45) is 1.97. The molecule has 0 aliphatic rings. The highest BCUT2D eigenvalue weighted by Gasteiger charge is 2.10. The Morgan fingerprint density at radius 2 is 2.18 bits per heavy atom. The summed E-state index contributed by atoms with van der Waals surface area (Å²) in [4.78, 5) is 14.6. The van der Waals surface area contributed by atoms with Crippen LogP contribution in [-0.2, 0) is 11.2 Å². The van der Waals surface area contributed by atoms with Gasteiger partial charge in [0.25, 0.3) is 0 Å². The van der Waals surface area contributed by atoms with Crippen LogP contribution in [0, 0.1) is 0 Å². The van der Waals surface area contributed by atoms with Crippen molar-refractivity contribution < 1.29 is 14.3 Å². The van der Waals surface area contributed by atoms with Crippen LogP contribution in [0.3, 0.4) is 0 Å². The van der Waals surface area contributed by atoms with E-state index in [4.69, 9.17) is 9.52 Å². The molecule has 1 aromatic carbocycles. The summed E-state index contributed by atoms with van der Waals surface area (Å²) >= 11 is 3.41. The standard InChI is InChI=1S/C12H10BrNO3/c13-10-4-2-1-3-9(10)12-14-7-8(17-12)5-6-11(15)16/h1-4,7H,5-6H2,(H,15,16). The van der Waals surface area contributed by atoms with Gasteiger partial charge >= 0.3 is 5.97 Å². The fourth-order valence-electron chi connectivity index (χ4n) is 1.41. The summed E-state index contributed by atoms with van der Waals surface area (Å²) in [6, 6.07) is 7.58. The van der Waals surface area contributed by atoms with E-state index >= 15 is 0 Å². The molecule has 0 saturated carbocycles. The minimum Gasteiger partial charge on any atom is -0.481 e. The number of hydrogen-bond donors (Lipinski definition) is 1. The second kappa shape index (κ2) is 5.14. The third kappa shape index (κ3) is 2.94. The van der Waals surface area contributed by atoms with Crippen molar-refractivity contribution in [3.63, 3.8) is 0 Å². The quantitative estimate of drug-likeness (QED) is 0.941. The van der Waals surface area contributed by atoms with Gasteiger partial charge in [-0.1, -0.05) is 12.1 Å². The Bertz CT molecular complexity index is 536. The lowest BCUT2D eigenvalue weighted by Gasteiger charge is -1.98. The second-order valence-corrected chi connectivity index (χ2v) is 4.36. The lowest BCUT2D eigenvalue weighted by Crippen LogP contribution is -1.96. The molecule has 17 heavy (non-hydrogen) atoms. The van der Waals surface area contributed by atoms with Crippen LogP contribution < -0.4 is 0 Å². The fourth-order valence-corrected chi connectivity index (χ4v) is 1.87. The SMILES string of the molecule is O=C(O)CCc1cnc(-c2ccccc2Br)o1. The van der Waals surface area contributed by atoms with Crippen LogP contribution in [0.1, 0.15) is 12.2 Å². The average molecular weight is 296 g/mol. The Balaban J connectivity index is 2.18. The van der Waals surface area contributed by atoms with E-state index in [2.05, 4.69) is 20.9 Å². The number of nitrogens with zero attached hydrogens (tertiary/aromatic N) is 1. The molecule has 0 unspecified atom stereocenters. The highest BCUT2D eigenvalue weighted by atomic mass is 79.9. The zero-order chi connectivity index (χ0) is 12.3. The zero-order valence-electron chi connectivity index (χ0n) is 8.89. The molecule has 1 aromatic heterocycles. The topological polar surface area (TPSA) is 63.3 Å². The highest BCUT2D eigenvalue weighted by molar-refractivity contribution is 9.10. The number of aromatic nitrogens is 1.